The molecule has 0 spiro atoms. The Morgan fingerprint density at radius 1 is 0.957 bits per heavy atom. The Morgan fingerprint density at radius 3 is 2.17 bits per heavy atom. The third-order valence-corrected chi connectivity index (χ3v) is 5.66. The van der Waals surface area contributed by atoms with Gasteiger partial charge in [0.2, 0.25) is 5.91 Å². The number of anilines is 1. The second-order valence-corrected chi connectivity index (χ2v) is 8.09. The molecule has 5 heteroatoms. The minimum atomic E-state index is -3.36. The highest BCUT2D eigenvalue weighted by Crippen LogP contribution is 2.27. The van der Waals surface area contributed by atoms with E-state index in [-0.39, 0.29) is 5.91 Å². The molecule has 0 bridgehead atoms. The van der Waals surface area contributed by atoms with Gasteiger partial charge in [-0.25, -0.2) is 8.42 Å². The number of carbonyl (C=O) groups excluding carboxylic acids is 1. The first-order valence-corrected chi connectivity index (χ1v) is 9.58. The summed E-state index contributed by atoms with van der Waals surface area (Å²) < 4.78 is 23.5. The second kappa shape index (κ2) is 6.16. The van der Waals surface area contributed by atoms with Gasteiger partial charge in [-0.2, -0.15) is 0 Å². The standard InChI is InChI=1S/C18H19NO3S/c1-23(21,22)17-8-5-13-19(18(17)20)16-11-9-15(10-12-16)14-6-3-2-4-7-14/h2-4,6-7,9-12,17H,5,8,13H2,1H3. The minimum Gasteiger partial charge on any atom is -0.311 e. The van der Waals surface area contributed by atoms with Crippen molar-refractivity contribution in [2.45, 2.75) is 18.1 Å². The number of sulfone groups is 1. The first kappa shape index (κ1) is 15.7. The van der Waals surface area contributed by atoms with E-state index < -0.39 is 15.1 Å². The molecule has 23 heavy (non-hydrogen) atoms. The van der Waals surface area contributed by atoms with Gasteiger partial charge in [0.25, 0.3) is 0 Å². The zero-order valence-corrected chi connectivity index (χ0v) is 13.8. The first-order chi connectivity index (χ1) is 11.0. The van der Waals surface area contributed by atoms with Gasteiger partial charge in [-0.15, -0.1) is 0 Å². The van der Waals surface area contributed by atoms with Crippen LogP contribution in [0, 0.1) is 0 Å². The monoisotopic (exact) mass is 329 g/mol. The van der Waals surface area contributed by atoms with Crippen molar-refractivity contribution in [1.82, 2.24) is 0 Å². The molecule has 1 heterocycles. The second-order valence-electron chi connectivity index (χ2n) is 5.86. The summed E-state index contributed by atoms with van der Waals surface area (Å²) in [6.45, 7) is 0.565. The summed E-state index contributed by atoms with van der Waals surface area (Å²) in [5.41, 5.74) is 2.93. The molecule has 1 atom stereocenters. The lowest BCUT2D eigenvalue weighted by atomic mass is 10.0. The van der Waals surface area contributed by atoms with Crippen LogP contribution in [-0.4, -0.2) is 32.4 Å². The molecule has 0 aliphatic carbocycles. The van der Waals surface area contributed by atoms with Crippen LogP contribution in [0.25, 0.3) is 11.1 Å². The molecule has 0 aromatic heterocycles. The van der Waals surface area contributed by atoms with Crippen molar-refractivity contribution in [3.05, 3.63) is 54.6 Å². The van der Waals surface area contributed by atoms with Gasteiger partial charge in [0.15, 0.2) is 9.84 Å². The van der Waals surface area contributed by atoms with Crippen molar-refractivity contribution in [2.75, 3.05) is 17.7 Å². The SMILES string of the molecule is CS(=O)(=O)C1CCCN(c2ccc(-c3ccccc3)cc2)C1=O. The van der Waals surface area contributed by atoms with Gasteiger partial charge >= 0.3 is 0 Å². The molecule has 2 aromatic rings. The smallest absolute Gasteiger partial charge is 0.245 e. The van der Waals surface area contributed by atoms with E-state index >= 15 is 0 Å². The van der Waals surface area contributed by atoms with Gasteiger partial charge in [-0.1, -0.05) is 42.5 Å². The van der Waals surface area contributed by atoms with Crippen LogP contribution < -0.4 is 4.90 Å². The average Bonchev–Trinajstić information content (AvgIpc) is 2.55. The van der Waals surface area contributed by atoms with E-state index in [9.17, 15) is 13.2 Å². The van der Waals surface area contributed by atoms with E-state index in [1.54, 1.807) is 4.90 Å². The number of amides is 1. The molecule has 3 rings (SSSR count). The van der Waals surface area contributed by atoms with Gasteiger partial charge in [-0.05, 0) is 36.1 Å². The Morgan fingerprint density at radius 2 is 1.57 bits per heavy atom. The van der Waals surface area contributed by atoms with Crippen LogP contribution >= 0.6 is 0 Å². The highest BCUT2D eigenvalue weighted by molar-refractivity contribution is 7.92. The van der Waals surface area contributed by atoms with Crippen LogP contribution in [0.1, 0.15) is 12.8 Å². The maximum Gasteiger partial charge on any atom is 0.245 e. The van der Waals surface area contributed by atoms with Crippen molar-refractivity contribution in [3.63, 3.8) is 0 Å². The number of nitrogens with zero attached hydrogens (tertiary/aromatic N) is 1. The van der Waals surface area contributed by atoms with Crippen molar-refractivity contribution in [1.29, 1.82) is 0 Å². The van der Waals surface area contributed by atoms with E-state index in [0.29, 0.717) is 19.4 Å². The van der Waals surface area contributed by atoms with Crippen LogP contribution in [0.4, 0.5) is 5.69 Å². The fraction of sp³-hybridized carbons (Fsp3) is 0.278. The largest absolute Gasteiger partial charge is 0.311 e. The molecule has 4 nitrogen and oxygen atoms in total. The number of rotatable bonds is 3. The summed E-state index contributed by atoms with van der Waals surface area (Å²) in [6, 6.07) is 17.7. The van der Waals surface area contributed by atoms with E-state index in [2.05, 4.69) is 0 Å². The van der Waals surface area contributed by atoms with Gasteiger partial charge in [0.1, 0.15) is 5.25 Å². The topological polar surface area (TPSA) is 54.5 Å². The molecule has 0 radical (unpaired) electrons. The Bertz CT molecular complexity index is 798. The van der Waals surface area contributed by atoms with E-state index in [1.807, 2.05) is 54.6 Å². The third-order valence-electron chi connectivity index (χ3n) is 4.19. The predicted molar refractivity (Wildman–Crippen MR) is 92.1 cm³/mol. The van der Waals surface area contributed by atoms with Gasteiger partial charge in [-0.3, -0.25) is 4.79 Å². The molecule has 0 N–H and O–H groups in total. The highest BCUT2D eigenvalue weighted by Gasteiger charge is 2.36. The first-order valence-electron chi connectivity index (χ1n) is 7.62. The molecule has 0 saturated carbocycles. The average molecular weight is 329 g/mol. The fourth-order valence-corrected chi connectivity index (χ4v) is 4.05. The molecular formula is C18H19NO3S. The van der Waals surface area contributed by atoms with Gasteiger partial charge in [0.05, 0.1) is 0 Å². The van der Waals surface area contributed by atoms with Crippen LogP contribution in [0.3, 0.4) is 0 Å². The van der Waals surface area contributed by atoms with E-state index in [4.69, 9.17) is 0 Å². The Kier molecular flexibility index (Phi) is 4.22. The molecule has 1 aliphatic rings. The minimum absolute atomic E-state index is 0.314. The van der Waals surface area contributed by atoms with Crippen LogP contribution in [-0.2, 0) is 14.6 Å². The number of piperidine rings is 1. The zero-order chi connectivity index (χ0) is 16.4. The normalized spacial score (nSPS) is 18.9. The van der Waals surface area contributed by atoms with Crippen molar-refractivity contribution in [3.8, 4) is 11.1 Å². The van der Waals surface area contributed by atoms with E-state index in [1.165, 1.54) is 0 Å². The molecular weight excluding hydrogens is 310 g/mol. The molecule has 2 aromatic carbocycles. The van der Waals surface area contributed by atoms with Crippen molar-refractivity contribution < 1.29 is 13.2 Å². The van der Waals surface area contributed by atoms with Crippen molar-refractivity contribution in [2.24, 2.45) is 0 Å². The van der Waals surface area contributed by atoms with Crippen LogP contribution in [0.2, 0.25) is 0 Å². The summed E-state index contributed by atoms with van der Waals surface area (Å²) >= 11 is 0. The lowest BCUT2D eigenvalue weighted by Crippen LogP contribution is -2.47. The maximum atomic E-state index is 12.5. The number of hydrogen-bond donors (Lipinski definition) is 0. The van der Waals surface area contributed by atoms with Crippen molar-refractivity contribution >= 4 is 21.4 Å². The third kappa shape index (κ3) is 3.29. The van der Waals surface area contributed by atoms with Crippen LogP contribution in [0.5, 0.6) is 0 Å². The Labute approximate surface area is 136 Å². The molecule has 1 saturated heterocycles. The summed E-state index contributed by atoms with van der Waals surface area (Å²) in [5, 5.41) is -0.912. The number of carbonyl (C=O) groups is 1. The van der Waals surface area contributed by atoms with E-state index in [0.717, 1.165) is 23.1 Å². The summed E-state index contributed by atoms with van der Waals surface area (Å²) in [4.78, 5) is 14.1. The van der Waals surface area contributed by atoms with Gasteiger partial charge < -0.3 is 4.90 Å². The number of benzene rings is 2. The molecule has 1 unspecified atom stereocenters. The Hall–Kier alpha value is -2.14. The predicted octanol–water partition coefficient (Wildman–Crippen LogP) is 2.89. The lowest BCUT2D eigenvalue weighted by molar-refractivity contribution is -0.119. The maximum absolute atomic E-state index is 12.5. The summed E-state index contributed by atoms with van der Waals surface area (Å²) in [6.07, 6.45) is 2.25. The molecule has 1 aliphatic heterocycles. The van der Waals surface area contributed by atoms with Crippen LogP contribution in [0.15, 0.2) is 54.6 Å². The number of hydrogen-bond acceptors (Lipinski definition) is 3. The quantitative estimate of drug-likeness (QED) is 0.870. The fourth-order valence-electron chi connectivity index (χ4n) is 2.96. The summed E-state index contributed by atoms with van der Waals surface area (Å²) in [7, 11) is -3.36. The molecule has 1 amide bonds. The lowest BCUT2D eigenvalue weighted by Gasteiger charge is -2.31. The highest BCUT2D eigenvalue weighted by atomic mass is 32.2. The van der Waals surface area contributed by atoms with Gasteiger partial charge in [0, 0.05) is 18.5 Å². The Balaban J connectivity index is 1.86. The summed E-state index contributed by atoms with van der Waals surface area (Å²) in [5.74, 6) is -0.314. The molecule has 120 valence electrons. The molecule has 1 fully saturated rings. The zero-order valence-electron chi connectivity index (χ0n) is 13.0.